The molecule has 640 valence electrons. The van der Waals surface area contributed by atoms with E-state index in [2.05, 4.69) is 46.0 Å². The van der Waals surface area contributed by atoms with Crippen molar-refractivity contribution in [2.75, 3.05) is 26.4 Å². The predicted molar refractivity (Wildman–Crippen MR) is 383 cm³/mol. The molecule has 0 aromatic rings. The minimum atomic E-state index is -2.23. The van der Waals surface area contributed by atoms with Gasteiger partial charge in [-0.25, -0.2) is 4.79 Å². The highest BCUT2D eigenvalue weighted by atomic mass is 32.2. The van der Waals surface area contributed by atoms with Crippen LogP contribution in [0, 0.1) is 50.2 Å². The van der Waals surface area contributed by atoms with Gasteiger partial charge in [-0.1, -0.05) is 103 Å². The van der Waals surface area contributed by atoms with Gasteiger partial charge in [-0.05, 0) is 117 Å². The van der Waals surface area contributed by atoms with Crippen molar-refractivity contribution in [3.05, 3.63) is 11.6 Å². The van der Waals surface area contributed by atoms with Crippen LogP contribution in [0.25, 0.3) is 0 Å². The van der Waals surface area contributed by atoms with Gasteiger partial charge in [0.05, 0.1) is 61.6 Å². The lowest BCUT2D eigenvalue weighted by Crippen LogP contribution is -2.69. The summed E-state index contributed by atoms with van der Waals surface area (Å²) in [5, 5.41) is 201. The first kappa shape index (κ1) is 89.5. The summed E-state index contributed by atoms with van der Waals surface area (Å²) in [6, 6.07) is -1.40. The lowest BCUT2D eigenvalue weighted by Gasteiger charge is -2.71. The molecule has 11 aliphatic rings. The summed E-state index contributed by atoms with van der Waals surface area (Å²) in [6.07, 6.45) is -37.5. The number of aliphatic carboxylic acids is 2. The summed E-state index contributed by atoms with van der Waals surface area (Å²) in [7, 11) is 0. The van der Waals surface area contributed by atoms with Crippen molar-refractivity contribution in [3.8, 4) is 0 Å². The summed E-state index contributed by atoms with van der Waals surface area (Å²) in [5.41, 5.74) is -6.21. The maximum absolute atomic E-state index is 16.3. The number of ether oxygens (including phenoxy) is 11. The Kier molecular flexibility index (Phi) is 28.8. The number of carboxylic acids is 2. The molecule has 6 aliphatic heterocycles. The van der Waals surface area contributed by atoms with Crippen LogP contribution >= 0.6 is 11.8 Å². The number of hydrogen-bond acceptors (Lipinski definition) is 33. The van der Waals surface area contributed by atoms with E-state index >= 15 is 4.79 Å². The molecule has 0 aromatic heterocycles. The molecule has 5 aliphatic carbocycles. The molecule has 18 unspecified atom stereocenters. The number of aldehydes is 1. The number of carbonyl (C=O) groups excluding carboxylic acids is 3. The Morgan fingerprint density at radius 2 is 1.11 bits per heavy atom. The van der Waals surface area contributed by atoms with E-state index in [1.807, 2.05) is 0 Å². The zero-order valence-corrected chi connectivity index (χ0v) is 65.3. The molecule has 0 spiro atoms. The Hall–Kier alpha value is -3.24. The topological polar surface area (TPSA) is 563 Å². The second kappa shape index (κ2) is 36.0. The first-order valence-corrected chi connectivity index (χ1v) is 40.6. The van der Waals surface area contributed by atoms with E-state index in [9.17, 15) is 106 Å². The molecule has 11 rings (SSSR count). The third-order valence-corrected chi connectivity index (χ3v) is 28.9. The molecule has 1 amide bonds. The molecule has 36 heteroatoms. The Morgan fingerprint density at radius 1 is 0.545 bits per heavy atom. The van der Waals surface area contributed by atoms with Crippen molar-refractivity contribution in [2.24, 2.45) is 50.2 Å². The van der Waals surface area contributed by atoms with E-state index in [1.54, 1.807) is 6.92 Å². The molecule has 35 nitrogen and oxygen atoms in total. The van der Waals surface area contributed by atoms with Crippen molar-refractivity contribution < 1.29 is 168 Å². The van der Waals surface area contributed by atoms with Gasteiger partial charge in [0.25, 0.3) is 0 Å². The van der Waals surface area contributed by atoms with Crippen LogP contribution in [0.3, 0.4) is 0 Å². The Balaban J connectivity index is 0.854. The van der Waals surface area contributed by atoms with Crippen LogP contribution in [-0.4, -0.2) is 331 Å². The lowest BCUT2D eigenvalue weighted by molar-refractivity contribution is -0.391. The van der Waals surface area contributed by atoms with Gasteiger partial charge in [0.15, 0.2) is 37.6 Å². The van der Waals surface area contributed by atoms with E-state index in [0.29, 0.717) is 69.5 Å². The lowest BCUT2D eigenvalue weighted by atomic mass is 9.33. The van der Waals surface area contributed by atoms with Crippen LogP contribution in [0.1, 0.15) is 170 Å². The summed E-state index contributed by atoms with van der Waals surface area (Å²) in [5.74, 6) is -4.44. The third kappa shape index (κ3) is 17.2. The normalized spacial score (nSPS) is 48.8. The minimum Gasteiger partial charge on any atom is -0.481 e. The Labute approximate surface area is 653 Å². The molecular formula is C76H121NO34S. The highest BCUT2D eigenvalue weighted by Gasteiger charge is 2.73. The number of aliphatic hydroxyl groups is 16. The number of amides is 1. The number of unbranched alkanes of at least 4 members (excludes halogenated alkanes) is 7. The van der Waals surface area contributed by atoms with Crippen molar-refractivity contribution in [2.45, 2.75) is 354 Å². The number of carbonyl (C=O) groups is 5. The molecule has 38 atom stereocenters. The predicted octanol–water partition coefficient (Wildman–Crippen LogP) is -2.01. The third-order valence-electron chi connectivity index (χ3n) is 27.7. The molecule has 4 saturated carbocycles. The van der Waals surface area contributed by atoms with Crippen molar-refractivity contribution in [3.63, 3.8) is 0 Å². The molecule has 0 radical (unpaired) electrons. The number of hydrogen-bond donors (Lipinski definition) is 19. The summed E-state index contributed by atoms with van der Waals surface area (Å²) < 4.78 is 66.9. The van der Waals surface area contributed by atoms with Gasteiger partial charge in [0, 0.05) is 12.8 Å². The molecule has 0 aromatic carbocycles. The van der Waals surface area contributed by atoms with Crippen molar-refractivity contribution >= 4 is 41.0 Å². The van der Waals surface area contributed by atoms with Crippen LogP contribution < -0.4 is 5.32 Å². The number of thioether (sulfide) groups is 1. The van der Waals surface area contributed by atoms with Gasteiger partial charge < -0.3 is 154 Å². The fraction of sp³-hybridized carbons (Fsp3) is 0.908. The first-order chi connectivity index (χ1) is 52.8. The maximum Gasteiger partial charge on any atom is 0.335 e. The summed E-state index contributed by atoms with van der Waals surface area (Å²) in [4.78, 5) is 68.4. The van der Waals surface area contributed by atoms with Crippen molar-refractivity contribution in [1.82, 2.24) is 5.32 Å². The van der Waals surface area contributed by atoms with Gasteiger partial charge in [-0.3, -0.25) is 14.4 Å². The zero-order valence-electron chi connectivity index (χ0n) is 64.5. The van der Waals surface area contributed by atoms with Gasteiger partial charge >= 0.3 is 11.9 Å². The Morgan fingerprint density at radius 3 is 1.71 bits per heavy atom. The van der Waals surface area contributed by atoms with E-state index in [0.717, 1.165) is 44.0 Å². The average Bonchev–Trinajstić information content (AvgIpc) is 0.669. The van der Waals surface area contributed by atoms with E-state index in [4.69, 9.17) is 57.2 Å². The fourth-order valence-electron chi connectivity index (χ4n) is 20.9. The van der Waals surface area contributed by atoms with E-state index < -0.39 is 277 Å². The smallest absolute Gasteiger partial charge is 0.335 e. The number of fused-ring (bicyclic) bond motifs is 7. The molecule has 0 bridgehead atoms. The maximum atomic E-state index is 16.3. The van der Waals surface area contributed by atoms with Gasteiger partial charge in [0.2, 0.25) is 11.0 Å². The number of rotatable bonds is 28. The molecule has 6 heterocycles. The van der Waals surface area contributed by atoms with Gasteiger partial charge in [0.1, 0.15) is 128 Å². The highest BCUT2D eigenvalue weighted by molar-refractivity contribution is 8.14. The number of allylic oxidation sites excluding steroid dienone is 2. The summed E-state index contributed by atoms with van der Waals surface area (Å²) in [6.45, 7) is 11.1. The molecular weight excluding hydrogens is 1500 g/mol. The van der Waals surface area contributed by atoms with Crippen LogP contribution in [0.2, 0.25) is 0 Å². The van der Waals surface area contributed by atoms with Crippen molar-refractivity contribution in [1.29, 1.82) is 0 Å². The zero-order chi connectivity index (χ0) is 81.8. The van der Waals surface area contributed by atoms with Crippen LogP contribution in [-0.2, 0) is 76.1 Å². The monoisotopic (exact) mass is 1620 g/mol. The van der Waals surface area contributed by atoms with E-state index in [-0.39, 0.29) is 38.0 Å². The fourth-order valence-corrected chi connectivity index (χ4v) is 22.3. The number of aliphatic hydroxyl groups excluding tert-OH is 16. The van der Waals surface area contributed by atoms with Crippen LogP contribution in [0.15, 0.2) is 11.6 Å². The molecule has 6 saturated heterocycles. The van der Waals surface area contributed by atoms with Crippen LogP contribution in [0.4, 0.5) is 0 Å². The van der Waals surface area contributed by atoms with Gasteiger partial charge in [-0.2, -0.15) is 0 Å². The minimum absolute atomic E-state index is 0.0117. The second-order valence-corrected chi connectivity index (χ2v) is 36.2. The molecule has 112 heavy (non-hydrogen) atoms. The van der Waals surface area contributed by atoms with E-state index in [1.165, 1.54) is 6.92 Å². The van der Waals surface area contributed by atoms with Crippen LogP contribution in [0.5, 0.6) is 0 Å². The number of carboxylic acid groups (broad SMARTS) is 2. The Bertz CT molecular complexity index is 3250. The molecule has 19 N–H and O–H groups in total. The quantitative estimate of drug-likeness (QED) is 0.0174. The average molecular weight is 1620 g/mol. The molecule has 10 fully saturated rings. The summed E-state index contributed by atoms with van der Waals surface area (Å²) >= 11 is 0.627. The highest BCUT2D eigenvalue weighted by Crippen LogP contribution is 2.76. The number of nitrogens with one attached hydrogen (secondary N) is 1. The largest absolute Gasteiger partial charge is 0.481 e. The first-order valence-electron chi connectivity index (χ1n) is 39.8. The second-order valence-electron chi connectivity index (χ2n) is 35.1. The SMILES string of the molecule is CC1O[C@@H](OC2C(O)[C@@H](NC(=O)CCCCCCCCCCC(=O)O)C(CO)O[C@H]2SC(=O)[C@]23CCC(C)(C)CC2C2=CCC4C5(C)CC[C@H](O[C@@H]6OC(C(=O)O)[C@@H](O)[C@H](O[C@@H]7OC[C@@H](O)[C@@H](O)C7O)C6O[C@@H]6OC(CO)[C@H](O)[C@H](O)C6O)[C@](C)(C=O)[C@@H]5CCC4(C)[C@]2(C)CC3O)C(O)C(O)[C@H]1O[C@@H]1OC[C@@H](O)C(O)C1O. The van der Waals surface area contributed by atoms with Gasteiger partial charge in [-0.15, -0.1) is 0 Å². The standard InChI is InChI=1S/C76H121NO34S/c1-33-58(107-64-53(93)47(87)36(81)30-101-64)52(92)56(96)66(103-33)110-61-50(90)46(77-44(84)16-14-12-10-8-9-11-13-15-17-45(85)86)38(28-78)105-69(61)112-70(100)76-25-24-71(2,3)26-35(76)34-18-19-41-72(4)22-21-43(73(5,32-80)40(72)20-23-74(41,6)75(34,7)27-42(76)83)106-68-62(111-67-55(95)51(91)49(89)39(29-79)104-67)59(57(97)60(109-68)63(98)99)108-65-54(94)48(88)37(82)31-102-65/h18,32-33,35-43,46-62,64-69,78-79,81-83,87-97H,8-17,19-31H2,1-7H3,(H,77,84)(H,85,86)(H,98,99)/t33?,35?,36-,37-,38?,39?,40-,41?,42?,43+,46+,47?,48-,49+,50?,51+,52?,53?,54?,55?,56?,57+,58+,59+,60?,61?,62?,64+,65+,66+,67+,68-,69+,72?,73-,74?,75-,76-/m1/s1.